The molecule has 1 aromatic heterocycles. The zero-order valence-electron chi connectivity index (χ0n) is 20.2. The Bertz CT molecular complexity index is 1090. The molecule has 1 aromatic carbocycles. The first kappa shape index (κ1) is 28.5. The van der Waals surface area contributed by atoms with E-state index in [0.717, 1.165) is 24.6 Å². The summed E-state index contributed by atoms with van der Waals surface area (Å²) in [5, 5.41) is 4.73. The number of pyridine rings is 1. The number of carbonyl (C=O) groups excluding carboxylic acids is 3. The smallest absolute Gasteiger partial charge is 0.337 e. The summed E-state index contributed by atoms with van der Waals surface area (Å²) < 4.78 is 39.8. The van der Waals surface area contributed by atoms with Gasteiger partial charge in [-0.3, -0.25) is 15.1 Å². The minimum absolute atomic E-state index is 0.0255. The molecule has 1 heterocycles. The van der Waals surface area contributed by atoms with E-state index in [1.807, 2.05) is 33.9 Å². The van der Waals surface area contributed by atoms with Gasteiger partial charge in [0.25, 0.3) is 0 Å². The van der Waals surface area contributed by atoms with Gasteiger partial charge >= 0.3 is 12.2 Å². The second-order valence-corrected chi connectivity index (χ2v) is 15.9. The number of hydrogen-bond donors (Lipinski definition) is 2. The first-order chi connectivity index (χ1) is 16.1. The highest BCUT2D eigenvalue weighted by Crippen LogP contribution is 2.42. The molecule has 0 aliphatic heterocycles. The van der Waals surface area contributed by atoms with Crippen LogP contribution < -0.4 is 10.6 Å². The molecule has 0 spiro atoms. The Kier molecular flexibility index (Phi) is 8.88. The number of halogens is 4. The fourth-order valence-electron chi connectivity index (χ4n) is 3.39. The lowest BCUT2D eigenvalue weighted by Crippen LogP contribution is -2.49. The van der Waals surface area contributed by atoms with Gasteiger partial charge in [-0.1, -0.05) is 63.7 Å². The molecule has 0 saturated carbocycles. The van der Waals surface area contributed by atoms with Crippen LogP contribution in [0.1, 0.15) is 43.5 Å². The summed E-state index contributed by atoms with van der Waals surface area (Å²) >= 11 is 6.23. The second kappa shape index (κ2) is 10.9. The van der Waals surface area contributed by atoms with Crippen molar-refractivity contribution in [1.29, 1.82) is 0 Å². The molecular formula is C24H29ClF3N3O3Si. The van der Waals surface area contributed by atoms with E-state index in [2.05, 4.69) is 15.6 Å². The topological polar surface area (TPSA) is 88.2 Å². The molecule has 0 radical (unpaired) electrons. The van der Waals surface area contributed by atoms with Crippen molar-refractivity contribution in [2.75, 3.05) is 6.54 Å². The molecule has 2 rings (SSSR count). The van der Waals surface area contributed by atoms with E-state index in [-0.39, 0.29) is 27.9 Å². The average Bonchev–Trinajstić information content (AvgIpc) is 2.74. The van der Waals surface area contributed by atoms with E-state index in [4.69, 9.17) is 11.6 Å². The molecule has 6 nitrogen and oxygen atoms in total. The number of imide groups is 1. The van der Waals surface area contributed by atoms with Gasteiger partial charge in [0.2, 0.25) is 5.91 Å². The third-order valence-electron chi connectivity index (χ3n) is 6.63. The molecule has 0 aliphatic rings. The fraction of sp³-hybridized carbons (Fsp3) is 0.417. The van der Waals surface area contributed by atoms with Crippen LogP contribution in [0.4, 0.5) is 18.0 Å². The number of aldehydes is 1. The van der Waals surface area contributed by atoms with Crippen LogP contribution in [0.3, 0.4) is 0 Å². The van der Waals surface area contributed by atoms with E-state index < -0.39 is 43.2 Å². The van der Waals surface area contributed by atoms with Gasteiger partial charge in [0.15, 0.2) is 0 Å². The number of aromatic nitrogens is 1. The highest BCUT2D eigenvalue weighted by Gasteiger charge is 2.42. The molecule has 190 valence electrons. The number of amides is 3. The Hall–Kier alpha value is -2.72. The van der Waals surface area contributed by atoms with Crippen LogP contribution in [-0.4, -0.2) is 37.8 Å². The Balaban J connectivity index is 2.30. The Morgan fingerprint density at radius 1 is 1.14 bits per heavy atom. The van der Waals surface area contributed by atoms with Crippen molar-refractivity contribution < 1.29 is 27.6 Å². The maximum Gasteiger partial charge on any atom is 0.416 e. The van der Waals surface area contributed by atoms with Gasteiger partial charge in [-0.25, -0.2) is 4.79 Å². The van der Waals surface area contributed by atoms with Crippen LogP contribution in [0.5, 0.6) is 0 Å². The van der Waals surface area contributed by atoms with Gasteiger partial charge in [-0.05, 0) is 28.8 Å². The van der Waals surface area contributed by atoms with Crippen LogP contribution >= 0.6 is 11.6 Å². The molecule has 0 bridgehead atoms. The lowest BCUT2D eigenvalue weighted by molar-refractivity contribution is -0.137. The molecule has 2 atom stereocenters. The molecule has 11 heteroatoms. The lowest BCUT2D eigenvalue weighted by Gasteiger charge is -2.41. The summed E-state index contributed by atoms with van der Waals surface area (Å²) in [5.74, 6) is -2.28. The number of nitrogens with zero attached hydrogens (tertiary/aromatic N) is 1. The number of carbonyl (C=O) groups is 3. The van der Waals surface area contributed by atoms with Crippen LogP contribution in [0.15, 0.2) is 42.6 Å². The fourth-order valence-corrected chi connectivity index (χ4v) is 5.70. The standard InChI is InChI=1S/C24H29ClF3N3O3Si/c1-23(2,3)35(4,5)16(14-32)13-30-22(34)31-21(33)20(17-8-6-7-9-18(17)25)19-12-15(10-11-29-19)24(26,27)28/h6-12,14,16,20H,13H2,1-5H3,(H2,30,31,33,34)/t16-,20?/m1/s1. The monoisotopic (exact) mass is 527 g/mol. The third kappa shape index (κ3) is 6.91. The first-order valence-corrected chi connectivity index (χ1v) is 14.4. The molecule has 1 unspecified atom stereocenters. The SMILES string of the molecule is CC(C)(C)[Si](C)(C)[C@@H](C=O)CNC(=O)NC(=O)C(c1cc(C(F)(F)F)ccn1)c1ccccc1Cl. The quantitative estimate of drug-likeness (QED) is 0.352. The van der Waals surface area contributed by atoms with E-state index in [1.54, 1.807) is 12.1 Å². The van der Waals surface area contributed by atoms with Crippen molar-refractivity contribution in [2.45, 2.75) is 56.5 Å². The average molecular weight is 528 g/mol. The Morgan fingerprint density at radius 2 is 1.77 bits per heavy atom. The summed E-state index contributed by atoms with van der Waals surface area (Å²) in [6, 6.07) is 6.81. The number of alkyl halides is 3. The van der Waals surface area contributed by atoms with E-state index in [9.17, 15) is 27.6 Å². The number of benzene rings is 1. The van der Waals surface area contributed by atoms with Gasteiger partial charge in [0.1, 0.15) is 12.2 Å². The van der Waals surface area contributed by atoms with E-state index >= 15 is 0 Å². The molecule has 35 heavy (non-hydrogen) atoms. The molecule has 2 aromatic rings. The highest BCUT2D eigenvalue weighted by atomic mass is 35.5. The van der Waals surface area contributed by atoms with Crippen molar-refractivity contribution in [1.82, 2.24) is 15.6 Å². The van der Waals surface area contributed by atoms with Crippen molar-refractivity contribution in [2.24, 2.45) is 0 Å². The van der Waals surface area contributed by atoms with Gasteiger partial charge in [0, 0.05) is 23.3 Å². The van der Waals surface area contributed by atoms with Crippen molar-refractivity contribution in [3.8, 4) is 0 Å². The predicted octanol–water partition coefficient (Wildman–Crippen LogP) is 5.79. The summed E-state index contributed by atoms with van der Waals surface area (Å²) in [6.45, 7) is 10.2. The third-order valence-corrected chi connectivity index (χ3v) is 13.0. The van der Waals surface area contributed by atoms with Crippen LogP contribution in [0.2, 0.25) is 28.7 Å². The molecule has 0 saturated heterocycles. The zero-order chi connectivity index (χ0) is 26.6. The molecule has 2 N–H and O–H groups in total. The lowest BCUT2D eigenvalue weighted by atomic mass is 9.93. The number of rotatable bonds is 7. The number of urea groups is 1. The van der Waals surface area contributed by atoms with Crippen molar-refractivity contribution in [3.63, 3.8) is 0 Å². The second-order valence-electron chi connectivity index (χ2n) is 9.84. The van der Waals surface area contributed by atoms with Crippen LogP contribution in [0.25, 0.3) is 0 Å². The minimum Gasteiger partial charge on any atom is -0.337 e. The van der Waals surface area contributed by atoms with E-state index in [1.165, 1.54) is 12.1 Å². The number of nitrogens with one attached hydrogen (secondary N) is 2. The zero-order valence-corrected chi connectivity index (χ0v) is 21.9. The molecule has 0 fully saturated rings. The van der Waals surface area contributed by atoms with Crippen LogP contribution in [0, 0.1) is 0 Å². The van der Waals surface area contributed by atoms with Crippen molar-refractivity contribution in [3.05, 3.63) is 64.4 Å². The van der Waals surface area contributed by atoms with Gasteiger partial charge in [-0.15, -0.1) is 0 Å². The van der Waals surface area contributed by atoms with Crippen molar-refractivity contribution >= 4 is 37.9 Å². The van der Waals surface area contributed by atoms with E-state index in [0.29, 0.717) is 0 Å². The highest BCUT2D eigenvalue weighted by molar-refractivity contribution is 6.83. The van der Waals surface area contributed by atoms with Gasteiger partial charge in [0.05, 0.1) is 19.3 Å². The number of hydrogen-bond acceptors (Lipinski definition) is 4. The summed E-state index contributed by atoms with van der Waals surface area (Å²) in [5.41, 5.74) is -1.42. The van der Waals surface area contributed by atoms with Gasteiger partial charge < -0.3 is 10.1 Å². The molecular weight excluding hydrogens is 499 g/mol. The first-order valence-electron chi connectivity index (χ1n) is 10.9. The summed E-state index contributed by atoms with van der Waals surface area (Å²) in [6.07, 6.45) is -2.88. The summed E-state index contributed by atoms with van der Waals surface area (Å²) in [7, 11) is -2.13. The molecule has 0 aliphatic carbocycles. The van der Waals surface area contributed by atoms with Crippen LogP contribution in [-0.2, 0) is 15.8 Å². The Morgan fingerprint density at radius 3 is 2.31 bits per heavy atom. The predicted molar refractivity (Wildman–Crippen MR) is 131 cm³/mol. The normalized spacial score (nSPS) is 14.1. The molecule has 3 amide bonds. The maximum absolute atomic E-state index is 13.3. The maximum atomic E-state index is 13.3. The minimum atomic E-state index is -4.65. The van der Waals surface area contributed by atoms with Gasteiger partial charge in [-0.2, -0.15) is 13.2 Å². The Labute approximate surface area is 208 Å². The largest absolute Gasteiger partial charge is 0.416 e. The summed E-state index contributed by atoms with van der Waals surface area (Å²) in [4.78, 5) is 41.4.